The number of hydrogen-bond acceptors (Lipinski definition) is 7. The van der Waals surface area contributed by atoms with Gasteiger partial charge in [-0.05, 0) is 53.6 Å². The molecule has 0 radical (unpaired) electrons. The summed E-state index contributed by atoms with van der Waals surface area (Å²) < 4.78 is 95.3. The SMILES string of the molecule is Cn1nc(C(F)(F)F)cc1-c1ccc(OCc2ccc(Cl)cc2)c(-c2ccc(Cl)c(C(F)(F)F)c2)c1OC(=O)CCSCC(O)CO. The minimum absolute atomic E-state index is 0.0550. The summed E-state index contributed by atoms with van der Waals surface area (Å²) in [5, 5.41) is 21.9. The van der Waals surface area contributed by atoms with E-state index in [1.807, 2.05) is 0 Å². The molecule has 1 aromatic heterocycles. The topological polar surface area (TPSA) is 93.8 Å². The fourth-order valence-corrected chi connectivity index (χ4v) is 5.56. The van der Waals surface area contributed by atoms with Gasteiger partial charge in [-0.1, -0.05) is 41.4 Å². The van der Waals surface area contributed by atoms with E-state index < -0.39 is 47.3 Å². The monoisotopic (exact) mass is 722 g/mol. The highest BCUT2D eigenvalue weighted by atomic mass is 35.5. The molecular formula is C31H26Cl2F6N2O5S. The third kappa shape index (κ3) is 9.35. The molecule has 0 fully saturated rings. The number of hydrogen-bond donors (Lipinski definition) is 2. The van der Waals surface area contributed by atoms with E-state index in [9.17, 15) is 36.2 Å². The Morgan fingerprint density at radius 2 is 1.70 bits per heavy atom. The lowest BCUT2D eigenvalue weighted by atomic mass is 9.96. The van der Waals surface area contributed by atoms with Gasteiger partial charge in [-0.2, -0.15) is 43.2 Å². The second-order valence-electron chi connectivity index (χ2n) is 10.1. The molecule has 0 spiro atoms. The van der Waals surface area contributed by atoms with Crippen molar-refractivity contribution in [3.63, 3.8) is 0 Å². The number of benzene rings is 3. The van der Waals surface area contributed by atoms with Crippen LogP contribution in [0.25, 0.3) is 22.4 Å². The van der Waals surface area contributed by atoms with Crippen LogP contribution in [-0.4, -0.2) is 50.2 Å². The molecule has 4 rings (SSSR count). The lowest BCUT2D eigenvalue weighted by molar-refractivity contribution is -0.141. The number of thioether (sulfide) groups is 1. The summed E-state index contributed by atoms with van der Waals surface area (Å²) >= 11 is 13.0. The third-order valence-electron chi connectivity index (χ3n) is 6.62. The molecule has 1 atom stereocenters. The Bertz CT molecular complexity index is 1710. The fourth-order valence-electron chi connectivity index (χ4n) is 4.36. The number of halogens is 8. The Kier molecular flexibility index (Phi) is 11.8. The highest BCUT2D eigenvalue weighted by molar-refractivity contribution is 7.99. The van der Waals surface area contributed by atoms with Crippen molar-refractivity contribution < 1.29 is 50.8 Å². The Morgan fingerprint density at radius 3 is 2.32 bits per heavy atom. The molecule has 0 aliphatic carbocycles. The van der Waals surface area contributed by atoms with Crippen LogP contribution in [0.15, 0.2) is 60.7 Å². The number of aliphatic hydroxyl groups is 2. The van der Waals surface area contributed by atoms with E-state index in [1.165, 1.54) is 25.2 Å². The van der Waals surface area contributed by atoms with Crippen molar-refractivity contribution in [3.05, 3.63) is 87.5 Å². The molecule has 0 amide bonds. The number of aliphatic hydroxyl groups excluding tert-OH is 2. The molecule has 1 heterocycles. The van der Waals surface area contributed by atoms with Gasteiger partial charge < -0.3 is 19.7 Å². The first kappa shape index (κ1) is 36.4. The molecule has 0 bridgehead atoms. The molecule has 0 saturated heterocycles. The van der Waals surface area contributed by atoms with E-state index in [-0.39, 0.29) is 58.4 Å². The van der Waals surface area contributed by atoms with Crippen LogP contribution in [0.1, 0.15) is 23.2 Å². The lowest BCUT2D eigenvalue weighted by Gasteiger charge is -2.20. The standard InChI is InChI=1S/C31H26Cl2F6N2O5S/c1-41-24(13-26(40-41)31(37,38)39)21-7-9-25(45-15-17-2-5-19(32)6-3-17)28(18-4-8-23(33)22(12-18)30(34,35)36)29(21)46-27(44)10-11-47-16-20(43)14-42/h2-9,12-13,20,42-43H,10-11,14-16H2,1H3. The van der Waals surface area contributed by atoms with Crippen molar-refractivity contribution in [1.82, 2.24) is 9.78 Å². The first-order valence-corrected chi connectivity index (χ1v) is 15.6. The van der Waals surface area contributed by atoms with Gasteiger partial charge in [-0.3, -0.25) is 9.48 Å². The molecule has 2 N–H and O–H groups in total. The zero-order chi connectivity index (χ0) is 34.5. The number of rotatable bonds is 12. The largest absolute Gasteiger partial charge is 0.488 e. The van der Waals surface area contributed by atoms with E-state index in [2.05, 4.69) is 5.10 Å². The minimum Gasteiger partial charge on any atom is -0.488 e. The van der Waals surface area contributed by atoms with Gasteiger partial charge in [0.15, 0.2) is 11.4 Å². The Hall–Kier alpha value is -3.43. The predicted octanol–water partition coefficient (Wildman–Crippen LogP) is 8.06. The van der Waals surface area contributed by atoms with Crippen molar-refractivity contribution in [1.29, 1.82) is 0 Å². The zero-order valence-electron chi connectivity index (χ0n) is 24.3. The predicted molar refractivity (Wildman–Crippen MR) is 166 cm³/mol. The van der Waals surface area contributed by atoms with Crippen molar-refractivity contribution in [2.24, 2.45) is 7.05 Å². The van der Waals surface area contributed by atoms with Crippen LogP contribution in [0.5, 0.6) is 11.5 Å². The van der Waals surface area contributed by atoms with Gasteiger partial charge in [-0.25, -0.2) is 0 Å². The summed E-state index contributed by atoms with van der Waals surface area (Å²) in [6.45, 7) is -0.594. The van der Waals surface area contributed by atoms with Crippen LogP contribution in [0, 0.1) is 0 Å². The maximum Gasteiger partial charge on any atom is 0.435 e. The summed E-state index contributed by atoms with van der Waals surface area (Å²) in [6.07, 6.45) is -11.0. The van der Waals surface area contributed by atoms with E-state index in [1.54, 1.807) is 24.3 Å². The second-order valence-corrected chi connectivity index (χ2v) is 12.1. The van der Waals surface area contributed by atoms with Crippen LogP contribution in [0.3, 0.4) is 0 Å². The highest BCUT2D eigenvalue weighted by Crippen LogP contribution is 2.48. The van der Waals surface area contributed by atoms with Crippen LogP contribution in [0.4, 0.5) is 26.3 Å². The van der Waals surface area contributed by atoms with E-state index in [4.69, 9.17) is 37.8 Å². The molecule has 252 valence electrons. The number of carbonyl (C=O) groups is 1. The molecular weight excluding hydrogens is 697 g/mol. The second kappa shape index (κ2) is 15.2. The molecule has 47 heavy (non-hydrogen) atoms. The Balaban J connectivity index is 1.90. The quantitative estimate of drug-likeness (QED) is 0.0662. The summed E-state index contributed by atoms with van der Waals surface area (Å²) in [6, 6.07) is 12.8. The molecule has 0 aliphatic heterocycles. The van der Waals surface area contributed by atoms with Crippen molar-refractivity contribution in [2.45, 2.75) is 31.5 Å². The molecule has 4 aromatic rings. The maximum absolute atomic E-state index is 14.0. The highest BCUT2D eigenvalue weighted by Gasteiger charge is 2.36. The molecule has 1 unspecified atom stereocenters. The third-order valence-corrected chi connectivity index (χ3v) is 8.32. The number of aryl methyl sites for hydroxylation is 1. The van der Waals surface area contributed by atoms with Gasteiger partial charge in [0.1, 0.15) is 12.4 Å². The molecule has 16 heteroatoms. The first-order valence-electron chi connectivity index (χ1n) is 13.7. The average molecular weight is 724 g/mol. The molecule has 3 aromatic carbocycles. The number of alkyl halides is 6. The molecule has 0 aliphatic rings. The molecule has 7 nitrogen and oxygen atoms in total. The normalized spacial score (nSPS) is 12.7. The maximum atomic E-state index is 14.0. The zero-order valence-corrected chi connectivity index (χ0v) is 26.7. The van der Waals surface area contributed by atoms with Crippen molar-refractivity contribution >= 4 is 40.9 Å². The van der Waals surface area contributed by atoms with Gasteiger partial charge >= 0.3 is 18.3 Å². The summed E-state index contributed by atoms with van der Waals surface area (Å²) in [4.78, 5) is 13.1. The van der Waals surface area contributed by atoms with E-state index >= 15 is 0 Å². The number of nitrogens with zero attached hydrogens (tertiary/aromatic N) is 2. The fraction of sp³-hybridized carbons (Fsp3) is 0.290. The first-order chi connectivity index (χ1) is 22.1. The average Bonchev–Trinajstić information content (AvgIpc) is 3.40. The van der Waals surface area contributed by atoms with Crippen LogP contribution >= 0.6 is 35.0 Å². The lowest BCUT2D eigenvalue weighted by Crippen LogP contribution is -2.16. The molecule has 0 saturated carbocycles. The van der Waals surface area contributed by atoms with E-state index in [0.717, 1.165) is 34.6 Å². The van der Waals surface area contributed by atoms with Gasteiger partial charge in [0, 0.05) is 29.1 Å². The number of esters is 1. The number of carbonyl (C=O) groups excluding carboxylic acids is 1. The minimum atomic E-state index is -4.88. The summed E-state index contributed by atoms with van der Waals surface area (Å²) in [5.41, 5.74) is -2.40. The van der Waals surface area contributed by atoms with Crippen LogP contribution in [0.2, 0.25) is 10.0 Å². The van der Waals surface area contributed by atoms with Gasteiger partial charge in [-0.15, -0.1) is 0 Å². The van der Waals surface area contributed by atoms with Gasteiger partial charge in [0.25, 0.3) is 0 Å². The van der Waals surface area contributed by atoms with Gasteiger partial charge in [0.2, 0.25) is 0 Å². The summed E-state index contributed by atoms with van der Waals surface area (Å²) in [5.74, 6) is -1.08. The number of ether oxygens (including phenoxy) is 2. The van der Waals surface area contributed by atoms with Crippen LogP contribution < -0.4 is 9.47 Å². The van der Waals surface area contributed by atoms with Gasteiger partial charge in [0.05, 0.1) is 41.0 Å². The smallest absolute Gasteiger partial charge is 0.435 e. The number of aromatic nitrogens is 2. The van der Waals surface area contributed by atoms with E-state index in [0.29, 0.717) is 10.6 Å². The van der Waals surface area contributed by atoms with Crippen molar-refractivity contribution in [2.75, 3.05) is 18.1 Å². The Labute approximate surface area is 279 Å². The van der Waals surface area contributed by atoms with Crippen LogP contribution in [-0.2, 0) is 30.8 Å². The summed E-state index contributed by atoms with van der Waals surface area (Å²) in [7, 11) is 1.23. The Morgan fingerprint density at radius 1 is 1.00 bits per heavy atom. The van der Waals surface area contributed by atoms with Crippen molar-refractivity contribution in [3.8, 4) is 33.9 Å².